The van der Waals surface area contributed by atoms with E-state index in [1.807, 2.05) is 35.0 Å². The second-order valence-electron chi connectivity index (χ2n) is 6.53. The standard InChI is InChI=1S/C19H22N4O2S/c24-16(18-9-13-3-1-2-4-17(13)26-18)12-21-19(25)6-5-14-10-15-11-20-7-8-23(15)22-14/h1-4,9-10,16,20,24H,5-8,11-12H2,(H,21,25). The predicted molar refractivity (Wildman–Crippen MR) is 102 cm³/mol. The van der Waals surface area contributed by atoms with Crippen molar-refractivity contribution in [2.24, 2.45) is 0 Å². The van der Waals surface area contributed by atoms with Gasteiger partial charge in [-0.15, -0.1) is 11.3 Å². The number of rotatable bonds is 6. The van der Waals surface area contributed by atoms with Crippen molar-refractivity contribution < 1.29 is 9.90 Å². The molecule has 1 aliphatic rings. The van der Waals surface area contributed by atoms with Gasteiger partial charge in [-0.1, -0.05) is 18.2 Å². The van der Waals surface area contributed by atoms with Crippen molar-refractivity contribution in [1.29, 1.82) is 0 Å². The van der Waals surface area contributed by atoms with E-state index in [0.717, 1.165) is 40.3 Å². The van der Waals surface area contributed by atoms with E-state index in [-0.39, 0.29) is 12.5 Å². The molecule has 1 atom stereocenters. The molecule has 3 aromatic rings. The Morgan fingerprint density at radius 2 is 2.27 bits per heavy atom. The molecule has 1 amide bonds. The van der Waals surface area contributed by atoms with Crippen LogP contribution in [-0.4, -0.2) is 33.9 Å². The SMILES string of the molecule is O=C(CCc1cc2n(n1)CCNC2)NCC(O)c1cc2ccccc2s1. The van der Waals surface area contributed by atoms with Crippen LogP contribution in [0.2, 0.25) is 0 Å². The van der Waals surface area contributed by atoms with Gasteiger partial charge in [0.25, 0.3) is 0 Å². The van der Waals surface area contributed by atoms with Gasteiger partial charge in [0.2, 0.25) is 5.91 Å². The summed E-state index contributed by atoms with van der Waals surface area (Å²) in [6, 6.07) is 12.1. The van der Waals surface area contributed by atoms with Crippen LogP contribution in [0.15, 0.2) is 36.4 Å². The number of thiophene rings is 1. The van der Waals surface area contributed by atoms with E-state index in [0.29, 0.717) is 12.8 Å². The monoisotopic (exact) mass is 370 g/mol. The average molecular weight is 370 g/mol. The Balaban J connectivity index is 1.27. The first-order valence-electron chi connectivity index (χ1n) is 8.88. The molecule has 7 heteroatoms. The molecule has 26 heavy (non-hydrogen) atoms. The molecule has 1 aromatic carbocycles. The summed E-state index contributed by atoms with van der Waals surface area (Å²) in [5, 5.41) is 22.1. The van der Waals surface area contributed by atoms with Gasteiger partial charge in [0.15, 0.2) is 0 Å². The third-order valence-electron chi connectivity index (χ3n) is 4.59. The maximum atomic E-state index is 12.1. The molecule has 3 heterocycles. The Bertz CT molecular complexity index is 861. The van der Waals surface area contributed by atoms with Crippen LogP contribution in [0.4, 0.5) is 0 Å². The lowest BCUT2D eigenvalue weighted by Crippen LogP contribution is -2.28. The number of hydrogen-bond donors (Lipinski definition) is 3. The van der Waals surface area contributed by atoms with Gasteiger partial charge in [-0.05, 0) is 23.6 Å². The molecule has 2 aromatic heterocycles. The molecule has 0 bridgehead atoms. The molecular formula is C19H22N4O2S. The Labute approximate surface area is 155 Å². The van der Waals surface area contributed by atoms with Crippen LogP contribution in [0.5, 0.6) is 0 Å². The molecule has 6 nitrogen and oxygen atoms in total. The Morgan fingerprint density at radius 3 is 3.12 bits per heavy atom. The lowest BCUT2D eigenvalue weighted by Gasteiger charge is -2.13. The Hall–Kier alpha value is -2.22. The number of carbonyl (C=O) groups is 1. The molecule has 0 fully saturated rings. The minimum absolute atomic E-state index is 0.0609. The lowest BCUT2D eigenvalue weighted by atomic mass is 10.2. The molecular weight excluding hydrogens is 348 g/mol. The highest BCUT2D eigenvalue weighted by Gasteiger charge is 2.15. The van der Waals surface area contributed by atoms with Gasteiger partial charge in [-0.25, -0.2) is 0 Å². The summed E-state index contributed by atoms with van der Waals surface area (Å²) in [7, 11) is 0. The van der Waals surface area contributed by atoms with E-state index in [1.54, 1.807) is 11.3 Å². The molecule has 136 valence electrons. The van der Waals surface area contributed by atoms with Crippen LogP contribution < -0.4 is 10.6 Å². The van der Waals surface area contributed by atoms with Crippen LogP contribution in [0.1, 0.15) is 28.8 Å². The minimum atomic E-state index is -0.678. The fourth-order valence-electron chi connectivity index (χ4n) is 3.18. The fraction of sp³-hybridized carbons (Fsp3) is 0.368. The van der Waals surface area contributed by atoms with Crippen LogP contribution in [-0.2, 0) is 24.3 Å². The van der Waals surface area contributed by atoms with Crippen LogP contribution >= 0.6 is 11.3 Å². The zero-order valence-electron chi connectivity index (χ0n) is 14.4. The van der Waals surface area contributed by atoms with E-state index in [1.165, 1.54) is 5.69 Å². The van der Waals surface area contributed by atoms with Crippen molar-refractivity contribution in [2.45, 2.75) is 32.0 Å². The van der Waals surface area contributed by atoms with Crippen molar-refractivity contribution in [1.82, 2.24) is 20.4 Å². The van der Waals surface area contributed by atoms with Crippen LogP contribution in [0, 0.1) is 0 Å². The Kier molecular flexibility index (Phi) is 5.01. The number of hydrogen-bond acceptors (Lipinski definition) is 5. The summed E-state index contributed by atoms with van der Waals surface area (Å²) in [6.07, 6.45) is 0.315. The molecule has 1 unspecified atom stereocenters. The van der Waals surface area contributed by atoms with E-state index in [9.17, 15) is 9.90 Å². The number of carbonyl (C=O) groups excluding carboxylic acids is 1. The van der Waals surface area contributed by atoms with Gasteiger partial charge >= 0.3 is 0 Å². The predicted octanol–water partition coefficient (Wildman–Crippen LogP) is 1.98. The van der Waals surface area contributed by atoms with Crippen molar-refractivity contribution >= 4 is 27.3 Å². The average Bonchev–Trinajstić information content (AvgIpc) is 3.27. The van der Waals surface area contributed by atoms with E-state index < -0.39 is 6.10 Å². The third kappa shape index (κ3) is 3.80. The van der Waals surface area contributed by atoms with Crippen molar-refractivity contribution in [3.05, 3.63) is 52.7 Å². The highest BCUT2D eigenvalue weighted by molar-refractivity contribution is 7.19. The van der Waals surface area contributed by atoms with Crippen LogP contribution in [0.3, 0.4) is 0 Å². The maximum absolute atomic E-state index is 12.1. The number of aryl methyl sites for hydroxylation is 1. The Morgan fingerprint density at radius 1 is 1.38 bits per heavy atom. The molecule has 0 aliphatic carbocycles. The van der Waals surface area contributed by atoms with Crippen molar-refractivity contribution in [2.75, 3.05) is 13.1 Å². The number of amides is 1. The normalized spacial score (nSPS) is 15.0. The van der Waals surface area contributed by atoms with E-state index in [4.69, 9.17) is 0 Å². The van der Waals surface area contributed by atoms with Gasteiger partial charge in [0.05, 0.1) is 17.9 Å². The highest BCUT2D eigenvalue weighted by atomic mass is 32.1. The molecule has 0 saturated carbocycles. The van der Waals surface area contributed by atoms with Gasteiger partial charge in [-0.2, -0.15) is 5.10 Å². The zero-order valence-corrected chi connectivity index (χ0v) is 15.3. The van der Waals surface area contributed by atoms with Gasteiger partial charge in [0, 0.05) is 42.1 Å². The second kappa shape index (κ2) is 7.57. The topological polar surface area (TPSA) is 79.2 Å². The maximum Gasteiger partial charge on any atom is 0.220 e. The number of nitrogens with one attached hydrogen (secondary N) is 2. The summed E-state index contributed by atoms with van der Waals surface area (Å²) in [5.74, 6) is -0.0609. The largest absolute Gasteiger partial charge is 0.386 e. The first-order chi connectivity index (χ1) is 12.7. The summed E-state index contributed by atoms with van der Waals surface area (Å²) < 4.78 is 3.15. The molecule has 4 rings (SSSR count). The number of nitrogens with zero attached hydrogens (tertiary/aromatic N) is 2. The van der Waals surface area contributed by atoms with Gasteiger partial charge in [0.1, 0.15) is 6.10 Å². The van der Waals surface area contributed by atoms with E-state index >= 15 is 0 Å². The first-order valence-corrected chi connectivity index (χ1v) is 9.70. The third-order valence-corrected chi connectivity index (χ3v) is 5.81. The summed E-state index contributed by atoms with van der Waals surface area (Å²) in [6.45, 7) is 2.88. The van der Waals surface area contributed by atoms with Gasteiger partial charge < -0.3 is 15.7 Å². The molecule has 0 radical (unpaired) electrons. The highest BCUT2D eigenvalue weighted by Crippen LogP contribution is 2.29. The first kappa shape index (κ1) is 17.2. The summed E-state index contributed by atoms with van der Waals surface area (Å²) in [5.41, 5.74) is 2.12. The summed E-state index contributed by atoms with van der Waals surface area (Å²) >= 11 is 1.56. The van der Waals surface area contributed by atoms with Gasteiger partial charge in [-0.3, -0.25) is 9.48 Å². The lowest BCUT2D eigenvalue weighted by molar-refractivity contribution is -0.121. The molecule has 0 saturated heterocycles. The molecule has 1 aliphatic heterocycles. The second-order valence-corrected chi connectivity index (χ2v) is 7.65. The fourth-order valence-corrected chi connectivity index (χ4v) is 4.23. The van der Waals surface area contributed by atoms with Crippen molar-refractivity contribution in [3.8, 4) is 0 Å². The zero-order chi connectivity index (χ0) is 17.9. The number of benzene rings is 1. The molecule has 0 spiro atoms. The smallest absolute Gasteiger partial charge is 0.220 e. The van der Waals surface area contributed by atoms with Crippen LogP contribution in [0.25, 0.3) is 10.1 Å². The number of aliphatic hydroxyl groups is 1. The van der Waals surface area contributed by atoms with E-state index in [2.05, 4.69) is 21.8 Å². The number of fused-ring (bicyclic) bond motifs is 2. The molecule has 3 N–H and O–H groups in total. The van der Waals surface area contributed by atoms with Crippen molar-refractivity contribution in [3.63, 3.8) is 0 Å². The number of aliphatic hydroxyl groups excluding tert-OH is 1. The number of aromatic nitrogens is 2. The quantitative estimate of drug-likeness (QED) is 0.620. The summed E-state index contributed by atoms with van der Waals surface area (Å²) in [4.78, 5) is 13.0. The minimum Gasteiger partial charge on any atom is -0.386 e.